The SMILES string of the molecule is COCCNC(=O)C1CCC(C)N(CC2CCNCC2)C1.Cl. The van der Waals surface area contributed by atoms with Crippen molar-refractivity contribution in [3.8, 4) is 0 Å². The first-order chi connectivity index (χ1) is 10.2. The van der Waals surface area contributed by atoms with Crippen molar-refractivity contribution in [1.82, 2.24) is 15.5 Å². The highest BCUT2D eigenvalue weighted by atomic mass is 35.5. The molecule has 0 aromatic rings. The Morgan fingerprint density at radius 1 is 1.27 bits per heavy atom. The number of nitrogens with one attached hydrogen (secondary N) is 2. The van der Waals surface area contributed by atoms with Gasteiger partial charge in [-0.3, -0.25) is 9.69 Å². The normalized spacial score (nSPS) is 27.2. The first-order valence-electron chi connectivity index (χ1n) is 8.42. The van der Waals surface area contributed by atoms with Crippen LogP contribution in [0.4, 0.5) is 0 Å². The van der Waals surface area contributed by atoms with Crippen LogP contribution in [0.1, 0.15) is 32.6 Å². The van der Waals surface area contributed by atoms with E-state index in [9.17, 15) is 4.79 Å². The largest absolute Gasteiger partial charge is 0.383 e. The van der Waals surface area contributed by atoms with Crippen molar-refractivity contribution in [3.63, 3.8) is 0 Å². The fraction of sp³-hybridized carbons (Fsp3) is 0.938. The molecule has 130 valence electrons. The minimum atomic E-state index is 0. The summed E-state index contributed by atoms with van der Waals surface area (Å²) < 4.78 is 4.99. The molecule has 0 bridgehead atoms. The van der Waals surface area contributed by atoms with E-state index in [1.54, 1.807) is 7.11 Å². The van der Waals surface area contributed by atoms with E-state index in [4.69, 9.17) is 4.74 Å². The summed E-state index contributed by atoms with van der Waals surface area (Å²) >= 11 is 0. The van der Waals surface area contributed by atoms with Crippen molar-refractivity contribution < 1.29 is 9.53 Å². The minimum Gasteiger partial charge on any atom is -0.383 e. The van der Waals surface area contributed by atoms with Gasteiger partial charge in [-0.05, 0) is 51.6 Å². The fourth-order valence-electron chi connectivity index (χ4n) is 3.46. The van der Waals surface area contributed by atoms with Crippen LogP contribution >= 0.6 is 12.4 Å². The smallest absolute Gasteiger partial charge is 0.224 e. The van der Waals surface area contributed by atoms with Gasteiger partial charge in [-0.25, -0.2) is 0 Å². The molecule has 6 heteroatoms. The van der Waals surface area contributed by atoms with E-state index in [0.29, 0.717) is 19.2 Å². The van der Waals surface area contributed by atoms with Crippen molar-refractivity contribution in [1.29, 1.82) is 0 Å². The number of hydrogen-bond donors (Lipinski definition) is 2. The van der Waals surface area contributed by atoms with E-state index in [1.807, 2.05) is 0 Å². The standard InChI is InChI=1S/C16H31N3O2.ClH/c1-13-3-4-15(16(20)18-9-10-21-2)12-19(13)11-14-5-7-17-8-6-14;/h13-15,17H,3-12H2,1-2H3,(H,18,20);1H. The van der Waals surface area contributed by atoms with Crippen LogP contribution in [0, 0.1) is 11.8 Å². The van der Waals surface area contributed by atoms with Crippen LogP contribution in [0.25, 0.3) is 0 Å². The molecule has 0 radical (unpaired) electrons. The number of rotatable bonds is 6. The predicted octanol–water partition coefficient (Wildman–Crippen LogP) is 1.27. The van der Waals surface area contributed by atoms with Gasteiger partial charge in [-0.2, -0.15) is 0 Å². The van der Waals surface area contributed by atoms with Crippen molar-refractivity contribution in [2.75, 3.05) is 46.4 Å². The second-order valence-electron chi connectivity index (χ2n) is 6.55. The zero-order valence-electron chi connectivity index (χ0n) is 14.0. The van der Waals surface area contributed by atoms with Crippen LogP contribution < -0.4 is 10.6 Å². The molecule has 0 spiro atoms. The number of ether oxygens (including phenoxy) is 1. The zero-order valence-corrected chi connectivity index (χ0v) is 14.8. The molecule has 0 aromatic carbocycles. The van der Waals surface area contributed by atoms with Gasteiger partial charge >= 0.3 is 0 Å². The first-order valence-corrected chi connectivity index (χ1v) is 8.42. The van der Waals surface area contributed by atoms with E-state index < -0.39 is 0 Å². The highest BCUT2D eigenvalue weighted by molar-refractivity contribution is 5.85. The number of methoxy groups -OCH3 is 1. The summed E-state index contributed by atoms with van der Waals surface area (Å²) in [7, 11) is 1.66. The third-order valence-electron chi connectivity index (χ3n) is 4.94. The average molecular weight is 334 g/mol. The Labute approximate surface area is 140 Å². The van der Waals surface area contributed by atoms with Gasteiger partial charge in [0.1, 0.15) is 0 Å². The third kappa shape index (κ3) is 6.03. The summed E-state index contributed by atoms with van der Waals surface area (Å²) in [4.78, 5) is 14.8. The molecule has 2 heterocycles. The lowest BCUT2D eigenvalue weighted by Crippen LogP contribution is -2.49. The maximum Gasteiger partial charge on any atom is 0.224 e. The summed E-state index contributed by atoms with van der Waals surface area (Å²) in [5.41, 5.74) is 0. The van der Waals surface area contributed by atoms with Gasteiger partial charge in [0.15, 0.2) is 0 Å². The topological polar surface area (TPSA) is 53.6 Å². The zero-order chi connectivity index (χ0) is 15.1. The van der Waals surface area contributed by atoms with Crippen LogP contribution in [0.2, 0.25) is 0 Å². The Hall–Kier alpha value is -0.360. The van der Waals surface area contributed by atoms with E-state index in [1.165, 1.54) is 12.8 Å². The number of carbonyl (C=O) groups is 1. The van der Waals surface area contributed by atoms with Gasteiger partial charge in [0.05, 0.1) is 12.5 Å². The molecule has 1 amide bonds. The molecule has 0 saturated carbocycles. The molecular formula is C16H32ClN3O2. The van der Waals surface area contributed by atoms with Crippen molar-refractivity contribution in [2.45, 2.75) is 38.6 Å². The highest BCUT2D eigenvalue weighted by Gasteiger charge is 2.31. The van der Waals surface area contributed by atoms with Crippen molar-refractivity contribution in [3.05, 3.63) is 0 Å². The second-order valence-corrected chi connectivity index (χ2v) is 6.55. The lowest BCUT2D eigenvalue weighted by Gasteiger charge is -2.40. The summed E-state index contributed by atoms with van der Waals surface area (Å²) in [6.07, 6.45) is 4.69. The van der Waals surface area contributed by atoms with Crippen molar-refractivity contribution in [2.24, 2.45) is 11.8 Å². The van der Waals surface area contributed by atoms with Gasteiger partial charge in [0, 0.05) is 32.8 Å². The van der Waals surface area contributed by atoms with Gasteiger partial charge in [-0.15, -0.1) is 12.4 Å². The highest BCUT2D eigenvalue weighted by Crippen LogP contribution is 2.25. The summed E-state index contributed by atoms with van der Waals surface area (Å²) in [6, 6.07) is 0.614. The van der Waals surface area contributed by atoms with E-state index in [2.05, 4.69) is 22.5 Å². The Kier molecular flexibility index (Phi) is 9.33. The summed E-state index contributed by atoms with van der Waals surface area (Å²) in [5, 5.41) is 6.42. The van der Waals surface area contributed by atoms with Crippen LogP contribution in [-0.4, -0.2) is 63.3 Å². The molecule has 0 aliphatic carbocycles. The molecule has 2 aliphatic heterocycles. The number of nitrogens with zero attached hydrogens (tertiary/aromatic N) is 1. The molecule has 5 nitrogen and oxygen atoms in total. The van der Waals surface area contributed by atoms with Crippen LogP contribution in [0.5, 0.6) is 0 Å². The Morgan fingerprint density at radius 2 is 2.00 bits per heavy atom. The van der Waals surface area contributed by atoms with E-state index in [-0.39, 0.29) is 24.2 Å². The first kappa shape index (κ1) is 19.7. The van der Waals surface area contributed by atoms with Crippen LogP contribution in [0.15, 0.2) is 0 Å². The predicted molar refractivity (Wildman–Crippen MR) is 91.5 cm³/mol. The maximum atomic E-state index is 12.2. The maximum absolute atomic E-state index is 12.2. The molecule has 2 N–H and O–H groups in total. The van der Waals surface area contributed by atoms with Gasteiger partial charge < -0.3 is 15.4 Å². The lowest BCUT2D eigenvalue weighted by atomic mass is 9.90. The van der Waals surface area contributed by atoms with Gasteiger partial charge in [0.2, 0.25) is 5.91 Å². The minimum absolute atomic E-state index is 0. The molecule has 2 unspecified atom stereocenters. The molecule has 22 heavy (non-hydrogen) atoms. The van der Waals surface area contributed by atoms with Gasteiger partial charge in [-0.1, -0.05) is 0 Å². The Bertz CT molecular complexity index is 325. The van der Waals surface area contributed by atoms with E-state index in [0.717, 1.165) is 44.9 Å². The van der Waals surface area contributed by atoms with E-state index >= 15 is 0 Å². The third-order valence-corrected chi connectivity index (χ3v) is 4.94. The number of amides is 1. The summed E-state index contributed by atoms with van der Waals surface area (Å²) in [5.74, 6) is 1.15. The molecule has 2 fully saturated rings. The number of halogens is 1. The Balaban J connectivity index is 0.00000242. The van der Waals surface area contributed by atoms with Crippen molar-refractivity contribution >= 4 is 18.3 Å². The molecule has 2 atom stereocenters. The number of likely N-dealkylation sites (tertiary alicyclic amines) is 1. The fourth-order valence-corrected chi connectivity index (χ4v) is 3.46. The Morgan fingerprint density at radius 3 is 2.68 bits per heavy atom. The van der Waals surface area contributed by atoms with Crippen LogP contribution in [-0.2, 0) is 9.53 Å². The average Bonchev–Trinajstić information content (AvgIpc) is 2.50. The van der Waals surface area contributed by atoms with Gasteiger partial charge in [0.25, 0.3) is 0 Å². The monoisotopic (exact) mass is 333 g/mol. The molecule has 2 saturated heterocycles. The lowest BCUT2D eigenvalue weighted by molar-refractivity contribution is -0.127. The number of carbonyl (C=O) groups excluding carboxylic acids is 1. The summed E-state index contributed by atoms with van der Waals surface area (Å²) in [6.45, 7) is 7.89. The molecule has 2 aliphatic rings. The molecule has 0 aromatic heterocycles. The number of piperidine rings is 2. The van der Waals surface area contributed by atoms with Crippen LogP contribution in [0.3, 0.4) is 0 Å². The number of hydrogen-bond acceptors (Lipinski definition) is 4. The second kappa shape index (κ2) is 10.4. The molecular weight excluding hydrogens is 302 g/mol. The quantitative estimate of drug-likeness (QED) is 0.719. The molecule has 2 rings (SSSR count).